The zero-order valence-electron chi connectivity index (χ0n) is 11.2. The third-order valence-electron chi connectivity index (χ3n) is 2.80. The maximum atomic E-state index is 12.1. The number of aryl methyl sites for hydroxylation is 2. The summed E-state index contributed by atoms with van der Waals surface area (Å²) in [6, 6.07) is 7.35. The van der Waals surface area contributed by atoms with E-state index in [4.69, 9.17) is 4.74 Å². The van der Waals surface area contributed by atoms with E-state index in [1.807, 2.05) is 26.0 Å². The van der Waals surface area contributed by atoms with E-state index in [9.17, 15) is 4.79 Å². The number of benzene rings is 1. The molecule has 0 saturated heterocycles. The van der Waals surface area contributed by atoms with E-state index < -0.39 is 0 Å². The molecule has 1 heterocycles. The van der Waals surface area contributed by atoms with E-state index in [-0.39, 0.29) is 5.91 Å². The van der Waals surface area contributed by atoms with Gasteiger partial charge in [0.1, 0.15) is 5.75 Å². The molecule has 19 heavy (non-hydrogen) atoms. The minimum absolute atomic E-state index is 0.198. The Morgan fingerprint density at radius 3 is 2.74 bits per heavy atom. The molecule has 1 amide bonds. The van der Waals surface area contributed by atoms with Crippen molar-refractivity contribution in [2.45, 2.75) is 13.8 Å². The molecule has 2 rings (SSSR count). The highest BCUT2D eigenvalue weighted by molar-refractivity contribution is 6.05. The second-order valence-electron chi connectivity index (χ2n) is 4.36. The monoisotopic (exact) mass is 256 g/mol. The second-order valence-corrected chi connectivity index (χ2v) is 4.36. The van der Waals surface area contributed by atoms with Gasteiger partial charge < -0.3 is 10.1 Å². The number of aromatic nitrogens is 1. The van der Waals surface area contributed by atoms with Gasteiger partial charge in [-0.3, -0.25) is 9.78 Å². The van der Waals surface area contributed by atoms with Crippen molar-refractivity contribution in [3.63, 3.8) is 0 Å². The number of carbonyl (C=O) groups is 1. The maximum absolute atomic E-state index is 12.1. The normalized spacial score (nSPS) is 10.1. The van der Waals surface area contributed by atoms with E-state index in [0.717, 1.165) is 11.1 Å². The Hall–Kier alpha value is -2.36. The molecule has 1 N–H and O–H groups in total. The molecule has 0 atom stereocenters. The molecule has 1 aromatic carbocycles. The van der Waals surface area contributed by atoms with Gasteiger partial charge in [0, 0.05) is 12.4 Å². The van der Waals surface area contributed by atoms with Gasteiger partial charge in [-0.15, -0.1) is 0 Å². The fourth-order valence-electron chi connectivity index (χ4n) is 2.01. The van der Waals surface area contributed by atoms with Crippen LogP contribution in [0.4, 0.5) is 5.69 Å². The van der Waals surface area contributed by atoms with Gasteiger partial charge in [-0.1, -0.05) is 6.07 Å². The number of hydrogen-bond acceptors (Lipinski definition) is 3. The first-order chi connectivity index (χ1) is 9.11. The molecule has 0 unspecified atom stereocenters. The summed E-state index contributed by atoms with van der Waals surface area (Å²) in [5.41, 5.74) is 3.25. The van der Waals surface area contributed by atoms with Crippen LogP contribution in [0.3, 0.4) is 0 Å². The van der Waals surface area contributed by atoms with Crippen LogP contribution in [0.15, 0.2) is 36.7 Å². The number of amides is 1. The number of carbonyl (C=O) groups excluding carboxylic acids is 1. The van der Waals surface area contributed by atoms with E-state index >= 15 is 0 Å². The molecule has 0 aliphatic carbocycles. The van der Waals surface area contributed by atoms with Crippen LogP contribution in [0, 0.1) is 13.8 Å². The Labute approximate surface area is 112 Å². The summed E-state index contributed by atoms with van der Waals surface area (Å²) in [6.45, 7) is 3.93. The Bertz CT molecular complexity index is 595. The average Bonchev–Trinajstić information content (AvgIpc) is 2.39. The summed E-state index contributed by atoms with van der Waals surface area (Å²) >= 11 is 0. The molecular formula is C15H16N2O2. The molecule has 98 valence electrons. The van der Waals surface area contributed by atoms with Crippen LogP contribution in [-0.2, 0) is 0 Å². The lowest BCUT2D eigenvalue weighted by Crippen LogP contribution is -2.13. The van der Waals surface area contributed by atoms with Gasteiger partial charge in [-0.05, 0) is 43.2 Å². The number of hydrogen-bond donors (Lipinski definition) is 1. The predicted octanol–water partition coefficient (Wildman–Crippen LogP) is 2.96. The van der Waals surface area contributed by atoms with Gasteiger partial charge >= 0.3 is 0 Å². The summed E-state index contributed by atoms with van der Waals surface area (Å²) in [5.74, 6) is 0.485. The smallest absolute Gasteiger partial charge is 0.257 e. The number of ether oxygens (including phenoxy) is 1. The summed E-state index contributed by atoms with van der Waals surface area (Å²) in [7, 11) is 1.59. The minimum atomic E-state index is -0.198. The molecule has 0 saturated carbocycles. The molecule has 0 bridgehead atoms. The molecule has 0 aliphatic heterocycles. The molecule has 0 fully saturated rings. The number of pyridine rings is 1. The quantitative estimate of drug-likeness (QED) is 0.918. The molecule has 4 nitrogen and oxygen atoms in total. The Balaban J connectivity index is 2.31. The zero-order chi connectivity index (χ0) is 13.8. The van der Waals surface area contributed by atoms with Gasteiger partial charge in [-0.2, -0.15) is 0 Å². The van der Waals surface area contributed by atoms with Crippen LogP contribution in [0.5, 0.6) is 5.75 Å². The van der Waals surface area contributed by atoms with Gasteiger partial charge in [0.2, 0.25) is 0 Å². The first kappa shape index (κ1) is 13.1. The average molecular weight is 256 g/mol. The predicted molar refractivity (Wildman–Crippen MR) is 74.7 cm³/mol. The third-order valence-corrected chi connectivity index (χ3v) is 2.80. The van der Waals surface area contributed by atoms with Gasteiger partial charge in [-0.25, -0.2) is 0 Å². The molecule has 0 aliphatic rings. The number of rotatable bonds is 3. The molecule has 2 aromatic rings. The number of anilines is 1. The van der Waals surface area contributed by atoms with Crippen molar-refractivity contribution >= 4 is 11.6 Å². The van der Waals surface area contributed by atoms with E-state index in [1.165, 1.54) is 6.20 Å². The van der Waals surface area contributed by atoms with Gasteiger partial charge in [0.15, 0.2) is 0 Å². The first-order valence-electron chi connectivity index (χ1n) is 5.98. The SMILES string of the molecule is COc1c(C)cc(C)cc1NC(=O)c1cccnc1. The van der Waals surface area contributed by atoms with E-state index in [2.05, 4.69) is 10.3 Å². The van der Waals surface area contributed by atoms with E-state index in [1.54, 1.807) is 25.4 Å². The molecule has 1 aromatic heterocycles. The Morgan fingerprint density at radius 1 is 1.32 bits per heavy atom. The first-order valence-corrected chi connectivity index (χ1v) is 5.98. The topological polar surface area (TPSA) is 51.2 Å². The second kappa shape index (κ2) is 5.52. The number of nitrogens with zero attached hydrogens (tertiary/aromatic N) is 1. The van der Waals surface area contributed by atoms with Crippen LogP contribution < -0.4 is 10.1 Å². The fourth-order valence-corrected chi connectivity index (χ4v) is 2.01. The zero-order valence-corrected chi connectivity index (χ0v) is 11.2. The van der Waals surface area contributed by atoms with Gasteiger partial charge in [0.25, 0.3) is 5.91 Å². The Kier molecular flexibility index (Phi) is 3.80. The van der Waals surface area contributed by atoms with Crippen LogP contribution in [0.25, 0.3) is 0 Å². The minimum Gasteiger partial charge on any atom is -0.494 e. The van der Waals surface area contributed by atoms with Crippen molar-refractivity contribution in [1.29, 1.82) is 0 Å². The lowest BCUT2D eigenvalue weighted by molar-refractivity contribution is 0.102. The van der Waals surface area contributed by atoms with Crippen LogP contribution in [0.2, 0.25) is 0 Å². The van der Waals surface area contributed by atoms with Crippen molar-refractivity contribution in [2.24, 2.45) is 0 Å². The molecular weight excluding hydrogens is 240 g/mol. The van der Waals surface area contributed by atoms with Crippen molar-refractivity contribution in [3.8, 4) is 5.75 Å². The summed E-state index contributed by atoms with van der Waals surface area (Å²) in [4.78, 5) is 16.0. The standard InChI is InChI=1S/C15H16N2O2/c1-10-7-11(2)14(19-3)13(8-10)17-15(18)12-5-4-6-16-9-12/h4-9H,1-3H3,(H,17,18). The molecule has 0 radical (unpaired) electrons. The summed E-state index contributed by atoms with van der Waals surface area (Å²) < 4.78 is 5.34. The summed E-state index contributed by atoms with van der Waals surface area (Å²) in [6.07, 6.45) is 3.17. The molecule has 0 spiro atoms. The van der Waals surface area contributed by atoms with Crippen LogP contribution in [-0.4, -0.2) is 18.0 Å². The lowest BCUT2D eigenvalue weighted by Gasteiger charge is -2.13. The van der Waals surface area contributed by atoms with Crippen molar-refractivity contribution in [1.82, 2.24) is 4.98 Å². The highest BCUT2D eigenvalue weighted by Crippen LogP contribution is 2.30. The van der Waals surface area contributed by atoms with Crippen molar-refractivity contribution in [2.75, 3.05) is 12.4 Å². The van der Waals surface area contributed by atoms with Crippen molar-refractivity contribution < 1.29 is 9.53 Å². The van der Waals surface area contributed by atoms with E-state index in [0.29, 0.717) is 17.0 Å². The molecule has 4 heteroatoms. The highest BCUT2D eigenvalue weighted by Gasteiger charge is 2.12. The number of nitrogens with one attached hydrogen (secondary N) is 1. The van der Waals surface area contributed by atoms with Crippen molar-refractivity contribution in [3.05, 3.63) is 53.3 Å². The summed E-state index contributed by atoms with van der Waals surface area (Å²) in [5, 5.41) is 2.86. The maximum Gasteiger partial charge on any atom is 0.257 e. The highest BCUT2D eigenvalue weighted by atomic mass is 16.5. The third kappa shape index (κ3) is 2.91. The fraction of sp³-hybridized carbons (Fsp3) is 0.200. The van der Waals surface area contributed by atoms with Gasteiger partial charge in [0.05, 0.1) is 18.4 Å². The largest absolute Gasteiger partial charge is 0.494 e. The van der Waals surface area contributed by atoms with Crippen LogP contribution >= 0.6 is 0 Å². The number of methoxy groups -OCH3 is 1. The Morgan fingerprint density at radius 2 is 2.11 bits per heavy atom. The lowest BCUT2D eigenvalue weighted by atomic mass is 10.1. The van der Waals surface area contributed by atoms with Crippen LogP contribution in [0.1, 0.15) is 21.5 Å².